The van der Waals surface area contributed by atoms with Crippen LogP contribution in [0.15, 0.2) is 48.5 Å². The molecule has 26 heavy (non-hydrogen) atoms. The third-order valence-corrected chi connectivity index (χ3v) is 4.25. The highest BCUT2D eigenvalue weighted by Crippen LogP contribution is 2.24. The predicted octanol–water partition coefficient (Wildman–Crippen LogP) is 3.98. The van der Waals surface area contributed by atoms with Gasteiger partial charge in [-0.15, -0.1) is 0 Å². The van der Waals surface area contributed by atoms with Gasteiger partial charge in [-0.25, -0.2) is 8.78 Å². The van der Waals surface area contributed by atoms with Crippen LogP contribution < -0.4 is 0 Å². The van der Waals surface area contributed by atoms with Crippen LogP contribution in [0.2, 0.25) is 0 Å². The van der Waals surface area contributed by atoms with Crippen LogP contribution in [0.3, 0.4) is 0 Å². The molecule has 0 bridgehead atoms. The molecule has 0 aliphatic rings. The molecule has 0 aromatic heterocycles. The lowest BCUT2D eigenvalue weighted by atomic mass is 10.0. The van der Waals surface area contributed by atoms with E-state index in [-0.39, 0.29) is 18.2 Å². The van der Waals surface area contributed by atoms with Crippen LogP contribution in [0.1, 0.15) is 35.8 Å². The number of ether oxygens (including phenoxy) is 1. The summed E-state index contributed by atoms with van der Waals surface area (Å²) in [5.41, 5.74) is 0.879. The van der Waals surface area contributed by atoms with Crippen molar-refractivity contribution in [3.05, 3.63) is 71.3 Å². The van der Waals surface area contributed by atoms with Crippen LogP contribution in [0.25, 0.3) is 0 Å². The van der Waals surface area contributed by atoms with Crippen molar-refractivity contribution in [3.63, 3.8) is 0 Å². The van der Waals surface area contributed by atoms with E-state index in [1.54, 1.807) is 6.92 Å². The van der Waals surface area contributed by atoms with Gasteiger partial charge in [-0.05, 0) is 30.7 Å². The molecule has 2 unspecified atom stereocenters. The van der Waals surface area contributed by atoms with E-state index in [1.165, 1.54) is 18.1 Å². The summed E-state index contributed by atoms with van der Waals surface area (Å²) in [5, 5.41) is 0. The average molecular weight is 361 g/mol. The Hall–Kier alpha value is -2.76. The van der Waals surface area contributed by atoms with Crippen molar-refractivity contribution in [2.45, 2.75) is 19.9 Å². The first-order valence-electron chi connectivity index (χ1n) is 8.24. The Morgan fingerprint density at radius 2 is 1.69 bits per heavy atom. The maximum Gasteiger partial charge on any atom is 0.310 e. The van der Waals surface area contributed by atoms with Gasteiger partial charge < -0.3 is 9.64 Å². The minimum Gasteiger partial charge on any atom is -0.469 e. The lowest BCUT2D eigenvalue weighted by Gasteiger charge is -2.31. The molecule has 0 spiro atoms. The SMILES string of the molecule is COC(=O)C(C)CN(C(=O)c1ccc(F)c(F)c1)C(C)c1ccccc1. The molecule has 0 radical (unpaired) electrons. The fourth-order valence-electron chi connectivity index (χ4n) is 2.69. The van der Waals surface area contributed by atoms with Crippen molar-refractivity contribution in [2.24, 2.45) is 5.92 Å². The van der Waals surface area contributed by atoms with E-state index < -0.39 is 29.4 Å². The number of rotatable bonds is 6. The van der Waals surface area contributed by atoms with Crippen LogP contribution in [0.4, 0.5) is 8.78 Å². The van der Waals surface area contributed by atoms with Crippen molar-refractivity contribution in [2.75, 3.05) is 13.7 Å². The minimum absolute atomic E-state index is 0.0174. The Kier molecular flexibility index (Phi) is 6.44. The molecule has 0 saturated heterocycles. The van der Waals surface area contributed by atoms with E-state index in [4.69, 9.17) is 4.74 Å². The zero-order valence-electron chi connectivity index (χ0n) is 14.9. The molecule has 0 N–H and O–H groups in total. The van der Waals surface area contributed by atoms with Crippen molar-refractivity contribution >= 4 is 11.9 Å². The lowest BCUT2D eigenvalue weighted by Crippen LogP contribution is -2.39. The summed E-state index contributed by atoms with van der Waals surface area (Å²) >= 11 is 0. The minimum atomic E-state index is -1.09. The summed E-state index contributed by atoms with van der Waals surface area (Å²) in [7, 11) is 1.28. The van der Waals surface area contributed by atoms with Crippen LogP contribution in [0.5, 0.6) is 0 Å². The number of hydrogen-bond donors (Lipinski definition) is 0. The highest BCUT2D eigenvalue weighted by Gasteiger charge is 2.27. The summed E-state index contributed by atoms with van der Waals surface area (Å²) in [4.78, 5) is 26.2. The van der Waals surface area contributed by atoms with Crippen LogP contribution in [-0.2, 0) is 9.53 Å². The first kappa shape index (κ1) is 19.6. The summed E-state index contributed by atoms with van der Waals surface area (Å²) in [6.07, 6.45) is 0. The van der Waals surface area contributed by atoms with Gasteiger partial charge in [0.05, 0.1) is 19.1 Å². The number of esters is 1. The van der Waals surface area contributed by atoms with Gasteiger partial charge >= 0.3 is 5.97 Å². The molecule has 2 aromatic carbocycles. The number of halogens is 2. The quantitative estimate of drug-likeness (QED) is 0.731. The normalized spacial score (nSPS) is 13.0. The van der Waals surface area contributed by atoms with Gasteiger partial charge in [-0.1, -0.05) is 37.3 Å². The van der Waals surface area contributed by atoms with Gasteiger partial charge in [0.25, 0.3) is 5.91 Å². The molecule has 0 fully saturated rings. The van der Waals surface area contributed by atoms with E-state index in [0.717, 1.165) is 17.7 Å². The number of methoxy groups -OCH3 is 1. The summed E-state index contributed by atoms with van der Waals surface area (Å²) in [6, 6.07) is 11.9. The molecule has 0 heterocycles. The van der Waals surface area contributed by atoms with Crippen molar-refractivity contribution in [1.82, 2.24) is 4.90 Å². The molecule has 2 aromatic rings. The van der Waals surface area contributed by atoms with Crippen LogP contribution >= 0.6 is 0 Å². The summed E-state index contributed by atoms with van der Waals surface area (Å²) in [5.74, 6) is -3.62. The zero-order valence-corrected chi connectivity index (χ0v) is 14.9. The summed E-state index contributed by atoms with van der Waals surface area (Å²) < 4.78 is 31.5. The van der Waals surface area contributed by atoms with Crippen molar-refractivity contribution in [1.29, 1.82) is 0 Å². The van der Waals surface area contributed by atoms with Gasteiger partial charge in [0.15, 0.2) is 11.6 Å². The molecule has 2 rings (SSSR count). The molecule has 0 aliphatic carbocycles. The largest absolute Gasteiger partial charge is 0.469 e. The third-order valence-electron chi connectivity index (χ3n) is 4.25. The van der Waals surface area contributed by atoms with Crippen molar-refractivity contribution < 1.29 is 23.1 Å². The van der Waals surface area contributed by atoms with E-state index in [0.29, 0.717) is 0 Å². The number of nitrogens with zero attached hydrogens (tertiary/aromatic N) is 1. The lowest BCUT2D eigenvalue weighted by molar-refractivity contribution is -0.145. The number of carbonyl (C=O) groups is 2. The molecular formula is C20H21F2NO3. The number of hydrogen-bond acceptors (Lipinski definition) is 3. The van der Waals surface area contributed by atoms with Gasteiger partial charge in [0.1, 0.15) is 0 Å². The van der Waals surface area contributed by atoms with Crippen LogP contribution in [0, 0.1) is 17.6 Å². The van der Waals surface area contributed by atoms with Gasteiger partial charge in [0.2, 0.25) is 0 Å². The molecule has 0 saturated carbocycles. The Bertz CT molecular complexity index is 780. The predicted molar refractivity (Wildman–Crippen MR) is 93.4 cm³/mol. The maximum absolute atomic E-state index is 13.6. The number of carbonyl (C=O) groups excluding carboxylic acids is 2. The Balaban J connectivity index is 2.36. The standard InChI is InChI=1S/C20H21F2NO3/c1-13(20(25)26-3)12-23(14(2)15-7-5-4-6-8-15)19(24)16-9-10-17(21)18(22)11-16/h4-11,13-14H,12H2,1-3H3. The third kappa shape index (κ3) is 4.45. The Morgan fingerprint density at radius 3 is 2.27 bits per heavy atom. The molecule has 1 amide bonds. The van der Waals surface area contributed by atoms with Crippen LogP contribution in [-0.4, -0.2) is 30.4 Å². The second-order valence-electron chi connectivity index (χ2n) is 6.10. The molecule has 138 valence electrons. The topological polar surface area (TPSA) is 46.6 Å². The second-order valence-corrected chi connectivity index (χ2v) is 6.10. The smallest absolute Gasteiger partial charge is 0.310 e. The Labute approximate surface area is 151 Å². The Morgan fingerprint density at radius 1 is 1.04 bits per heavy atom. The van der Waals surface area contributed by atoms with Gasteiger partial charge in [-0.3, -0.25) is 9.59 Å². The molecular weight excluding hydrogens is 340 g/mol. The van der Waals surface area contributed by atoms with Crippen molar-refractivity contribution in [3.8, 4) is 0 Å². The van der Waals surface area contributed by atoms with E-state index >= 15 is 0 Å². The molecule has 2 atom stereocenters. The molecule has 4 nitrogen and oxygen atoms in total. The van der Waals surface area contributed by atoms with Gasteiger partial charge in [0, 0.05) is 12.1 Å². The highest BCUT2D eigenvalue weighted by atomic mass is 19.2. The van der Waals surface area contributed by atoms with E-state index in [9.17, 15) is 18.4 Å². The first-order chi connectivity index (χ1) is 12.3. The van der Waals surface area contributed by atoms with Gasteiger partial charge in [-0.2, -0.15) is 0 Å². The molecule has 6 heteroatoms. The molecule has 0 aliphatic heterocycles. The number of amides is 1. The zero-order chi connectivity index (χ0) is 19.3. The fraction of sp³-hybridized carbons (Fsp3) is 0.300. The fourth-order valence-corrected chi connectivity index (χ4v) is 2.69. The first-order valence-corrected chi connectivity index (χ1v) is 8.24. The average Bonchev–Trinajstić information content (AvgIpc) is 2.67. The number of benzene rings is 2. The maximum atomic E-state index is 13.6. The summed E-state index contributed by atoms with van der Waals surface area (Å²) in [6.45, 7) is 3.55. The second kappa shape index (κ2) is 8.56. The van der Waals surface area contributed by atoms with E-state index in [1.807, 2.05) is 37.3 Å². The van der Waals surface area contributed by atoms with E-state index in [2.05, 4.69) is 0 Å². The highest BCUT2D eigenvalue weighted by molar-refractivity contribution is 5.94. The monoisotopic (exact) mass is 361 g/mol.